The molecule has 1 fully saturated rings. The molecular formula is C28H26ClFN4O3S. The number of amides is 2. The number of ether oxygens (including phenoxy) is 1. The lowest BCUT2D eigenvalue weighted by molar-refractivity contribution is -0.128. The molecule has 1 atom stereocenters. The van der Waals surface area contributed by atoms with Gasteiger partial charge in [-0.2, -0.15) is 5.26 Å². The Morgan fingerprint density at radius 1 is 1.37 bits per heavy atom. The molecule has 1 aromatic heterocycles. The minimum atomic E-state index is -0.677. The number of carbonyl (C=O) groups excluding carboxylic acids is 2. The van der Waals surface area contributed by atoms with Gasteiger partial charge in [0.05, 0.1) is 28.8 Å². The maximum atomic E-state index is 15.9. The van der Waals surface area contributed by atoms with Gasteiger partial charge in [0.2, 0.25) is 5.91 Å². The predicted octanol–water partition coefficient (Wildman–Crippen LogP) is 5.67. The molecule has 0 unspecified atom stereocenters. The average Bonchev–Trinajstić information content (AvgIpc) is 3.24. The Balaban J connectivity index is 1.60. The van der Waals surface area contributed by atoms with Crippen molar-refractivity contribution in [3.8, 4) is 22.9 Å². The monoisotopic (exact) mass is 552 g/mol. The van der Waals surface area contributed by atoms with Crippen LogP contribution in [0.5, 0.6) is 5.75 Å². The molecule has 2 amide bonds. The molecule has 38 heavy (non-hydrogen) atoms. The van der Waals surface area contributed by atoms with E-state index in [1.54, 1.807) is 21.9 Å². The van der Waals surface area contributed by atoms with E-state index in [1.807, 2.05) is 19.9 Å². The van der Waals surface area contributed by atoms with Gasteiger partial charge in [-0.3, -0.25) is 9.59 Å². The third-order valence-corrected chi connectivity index (χ3v) is 8.29. The number of benzene rings is 2. The molecule has 2 aromatic carbocycles. The van der Waals surface area contributed by atoms with E-state index in [9.17, 15) is 14.9 Å². The summed E-state index contributed by atoms with van der Waals surface area (Å²) in [6.07, 6.45) is 1.74. The highest BCUT2D eigenvalue weighted by molar-refractivity contribution is 7.23. The number of nitrogens with zero attached hydrogens (tertiary/aromatic N) is 3. The lowest BCUT2D eigenvalue weighted by atomic mass is 9.96. The Morgan fingerprint density at radius 2 is 2.16 bits per heavy atom. The number of anilines is 1. The summed E-state index contributed by atoms with van der Waals surface area (Å²) >= 11 is 8.23. The summed E-state index contributed by atoms with van der Waals surface area (Å²) < 4.78 is 22.7. The summed E-state index contributed by atoms with van der Waals surface area (Å²) in [6.45, 7) is 8.77. The maximum absolute atomic E-state index is 15.9. The van der Waals surface area contributed by atoms with E-state index in [2.05, 4.69) is 18.0 Å². The number of hydrogen-bond donors (Lipinski definition) is 1. The molecule has 10 heteroatoms. The first-order valence-corrected chi connectivity index (χ1v) is 13.5. The molecule has 0 aliphatic carbocycles. The van der Waals surface area contributed by atoms with Crippen LogP contribution in [0.25, 0.3) is 21.2 Å². The zero-order valence-corrected chi connectivity index (χ0v) is 22.6. The fourth-order valence-corrected chi connectivity index (χ4v) is 6.70. The van der Waals surface area contributed by atoms with Crippen LogP contribution in [0.4, 0.5) is 9.39 Å². The molecule has 0 saturated carbocycles. The van der Waals surface area contributed by atoms with Crippen LogP contribution >= 0.6 is 22.9 Å². The topological polar surface area (TPSA) is 85.7 Å². The molecule has 0 radical (unpaired) electrons. The molecule has 0 spiro atoms. The number of nitriles is 1. The van der Waals surface area contributed by atoms with E-state index in [0.717, 1.165) is 4.70 Å². The van der Waals surface area contributed by atoms with Crippen molar-refractivity contribution in [1.29, 1.82) is 5.26 Å². The van der Waals surface area contributed by atoms with Crippen molar-refractivity contribution in [3.05, 3.63) is 58.9 Å². The van der Waals surface area contributed by atoms with E-state index >= 15 is 4.39 Å². The van der Waals surface area contributed by atoms with E-state index < -0.39 is 11.7 Å². The lowest BCUT2D eigenvalue weighted by Crippen LogP contribution is -2.57. The number of piperazine rings is 1. The third kappa shape index (κ3) is 4.38. The van der Waals surface area contributed by atoms with Crippen molar-refractivity contribution >= 4 is 49.8 Å². The van der Waals surface area contributed by atoms with Crippen molar-refractivity contribution in [2.75, 3.05) is 31.6 Å². The number of nitrogens with one attached hydrogen (secondary N) is 1. The summed E-state index contributed by atoms with van der Waals surface area (Å²) in [6, 6.07) is 8.68. The smallest absolute Gasteiger partial charge is 0.258 e. The zero-order valence-electron chi connectivity index (χ0n) is 21.0. The van der Waals surface area contributed by atoms with E-state index in [1.165, 1.54) is 23.5 Å². The first-order valence-electron chi connectivity index (χ1n) is 12.3. The van der Waals surface area contributed by atoms with Gasteiger partial charge in [0.15, 0.2) is 5.75 Å². The van der Waals surface area contributed by atoms with Gasteiger partial charge in [0, 0.05) is 47.7 Å². The van der Waals surface area contributed by atoms with Gasteiger partial charge in [0.1, 0.15) is 16.9 Å². The second-order valence-corrected chi connectivity index (χ2v) is 11.0. The fraction of sp³-hybridized carbons (Fsp3) is 0.321. The third-order valence-electron chi connectivity index (χ3n) is 6.85. The quantitative estimate of drug-likeness (QED) is 0.421. The fourth-order valence-electron chi connectivity index (χ4n) is 5.13. The molecular weight excluding hydrogens is 527 g/mol. The van der Waals surface area contributed by atoms with Crippen LogP contribution in [-0.2, 0) is 4.79 Å². The van der Waals surface area contributed by atoms with Crippen molar-refractivity contribution in [1.82, 2.24) is 9.80 Å². The van der Waals surface area contributed by atoms with Gasteiger partial charge in [-0.05, 0) is 37.6 Å². The van der Waals surface area contributed by atoms with Crippen LogP contribution in [0, 0.1) is 17.1 Å². The second-order valence-electron chi connectivity index (χ2n) is 9.60. The second kappa shape index (κ2) is 10.3. The normalized spacial score (nSPS) is 17.3. The highest BCUT2D eigenvalue weighted by Gasteiger charge is 2.37. The molecule has 1 saturated heterocycles. The first-order chi connectivity index (χ1) is 18.2. The number of rotatable bonds is 4. The first kappa shape index (κ1) is 26.0. The summed E-state index contributed by atoms with van der Waals surface area (Å²) in [5, 5.41) is 14.6. The van der Waals surface area contributed by atoms with Crippen LogP contribution < -0.4 is 10.1 Å². The van der Waals surface area contributed by atoms with Crippen LogP contribution in [0.3, 0.4) is 0 Å². The highest BCUT2D eigenvalue weighted by atomic mass is 35.5. The minimum absolute atomic E-state index is 0.00627. The maximum Gasteiger partial charge on any atom is 0.258 e. The highest BCUT2D eigenvalue weighted by Crippen LogP contribution is 2.47. The van der Waals surface area contributed by atoms with Crippen LogP contribution in [-0.4, -0.2) is 59.9 Å². The lowest BCUT2D eigenvalue weighted by Gasteiger charge is -2.42. The molecule has 2 aliphatic heterocycles. The Morgan fingerprint density at radius 3 is 2.87 bits per heavy atom. The van der Waals surface area contributed by atoms with Crippen LogP contribution in [0.1, 0.15) is 36.2 Å². The molecule has 7 nitrogen and oxygen atoms in total. The van der Waals surface area contributed by atoms with Crippen LogP contribution in [0.2, 0.25) is 5.02 Å². The van der Waals surface area contributed by atoms with Gasteiger partial charge in [-0.15, -0.1) is 11.3 Å². The number of hydrogen-bond acceptors (Lipinski definition) is 6. The van der Waals surface area contributed by atoms with Crippen molar-refractivity contribution < 1.29 is 18.7 Å². The Hall–Kier alpha value is -3.61. The van der Waals surface area contributed by atoms with Gasteiger partial charge in [-0.1, -0.05) is 30.3 Å². The SMILES string of the molecule is C=CC(=O)N1CCN2C(=O)c3cc(F)c(-c4cccc5sc(NC(C)C)c(C#N)c45)c(Cl)c3OCC[C@H]2C1. The zero-order chi connectivity index (χ0) is 27.1. The molecule has 5 rings (SSSR count). The number of carbonyl (C=O) groups is 2. The van der Waals surface area contributed by atoms with Crippen LogP contribution in [0.15, 0.2) is 36.9 Å². The Labute approximate surface area is 229 Å². The Bertz CT molecular complexity index is 1510. The summed E-state index contributed by atoms with van der Waals surface area (Å²) in [5.41, 5.74) is 1.02. The van der Waals surface area contributed by atoms with Gasteiger partial charge < -0.3 is 19.9 Å². The molecule has 1 N–H and O–H groups in total. The predicted molar refractivity (Wildman–Crippen MR) is 147 cm³/mol. The minimum Gasteiger partial charge on any atom is -0.491 e. The molecule has 0 bridgehead atoms. The van der Waals surface area contributed by atoms with E-state index in [-0.39, 0.29) is 46.5 Å². The van der Waals surface area contributed by atoms with Crippen molar-refractivity contribution in [2.24, 2.45) is 0 Å². The number of fused-ring (bicyclic) bond motifs is 3. The average molecular weight is 553 g/mol. The molecule has 2 aliphatic rings. The Kier molecular flexibility index (Phi) is 7.03. The molecule has 3 aromatic rings. The molecule has 3 heterocycles. The standard InChI is InChI=1S/C28H26ClFN4O3S/c1-4-22(35)33-9-10-34-16(14-33)8-11-37-26-18(28(34)36)12-20(30)24(25(26)29)17-6-5-7-21-23(17)19(13-31)27(38-21)32-15(2)3/h4-7,12,15-16,32H,1,8-11,14H2,2-3H3/t16-/m0/s1. The number of halogens is 2. The van der Waals surface area contributed by atoms with Crippen molar-refractivity contribution in [3.63, 3.8) is 0 Å². The van der Waals surface area contributed by atoms with Gasteiger partial charge in [0.25, 0.3) is 5.91 Å². The van der Waals surface area contributed by atoms with Gasteiger partial charge in [-0.25, -0.2) is 4.39 Å². The van der Waals surface area contributed by atoms with E-state index in [0.29, 0.717) is 47.6 Å². The van der Waals surface area contributed by atoms with Crippen molar-refractivity contribution in [2.45, 2.75) is 32.4 Å². The molecule has 196 valence electrons. The summed E-state index contributed by atoms with van der Waals surface area (Å²) in [4.78, 5) is 29.0. The van der Waals surface area contributed by atoms with E-state index in [4.69, 9.17) is 16.3 Å². The van der Waals surface area contributed by atoms with Gasteiger partial charge >= 0.3 is 0 Å². The largest absolute Gasteiger partial charge is 0.491 e. The number of thiophene rings is 1. The summed E-state index contributed by atoms with van der Waals surface area (Å²) in [5.74, 6) is -1.13. The summed E-state index contributed by atoms with van der Waals surface area (Å²) in [7, 11) is 0.